The molecule has 0 aliphatic heterocycles. The van der Waals surface area contributed by atoms with Gasteiger partial charge in [0.05, 0.1) is 8.07 Å². The van der Waals surface area contributed by atoms with Crippen LogP contribution in [0.2, 0.25) is 19.1 Å². The van der Waals surface area contributed by atoms with E-state index < -0.39 is 8.07 Å². The predicted molar refractivity (Wildman–Crippen MR) is 99.3 cm³/mol. The molecule has 0 bridgehead atoms. The molecule has 0 spiro atoms. The van der Waals surface area contributed by atoms with Gasteiger partial charge >= 0.3 is 0 Å². The Morgan fingerprint density at radius 3 is 2.14 bits per heavy atom. The quantitative estimate of drug-likeness (QED) is 0.378. The minimum absolute atomic E-state index is 1.07. The Morgan fingerprint density at radius 1 is 0.857 bits per heavy atom. The summed E-state index contributed by atoms with van der Waals surface area (Å²) >= 11 is 1.90. The molecular weight excluding hydrogens is 288 g/mol. The maximum Gasteiger partial charge on any atom is 0.0809 e. The van der Waals surface area contributed by atoms with E-state index >= 15 is 0 Å². The third-order valence-electron chi connectivity index (χ3n) is 3.75. The van der Waals surface area contributed by atoms with Crippen LogP contribution >= 0.6 is 11.8 Å². The van der Waals surface area contributed by atoms with Gasteiger partial charge in [-0.15, -0.1) is 11.8 Å². The highest BCUT2D eigenvalue weighted by Gasteiger charge is 2.21. The molecule has 0 N–H and O–H groups in total. The summed E-state index contributed by atoms with van der Waals surface area (Å²) < 4.78 is 0. The highest BCUT2D eigenvalue weighted by molar-refractivity contribution is 7.99. The summed E-state index contributed by atoms with van der Waals surface area (Å²) in [6.07, 6.45) is 5.87. The van der Waals surface area contributed by atoms with Crippen molar-refractivity contribution in [1.29, 1.82) is 0 Å². The lowest BCUT2D eigenvalue weighted by Gasteiger charge is -2.22. The average molecular weight is 313 g/mol. The van der Waals surface area contributed by atoms with E-state index in [-0.39, 0.29) is 0 Å². The molecule has 2 aromatic carbocycles. The maximum atomic E-state index is 2.47. The van der Waals surface area contributed by atoms with Crippen LogP contribution in [-0.2, 0) is 0 Å². The second kappa shape index (κ2) is 8.25. The number of thioether (sulfide) groups is 1. The van der Waals surface area contributed by atoms with Crippen LogP contribution in [0.4, 0.5) is 0 Å². The summed E-state index contributed by atoms with van der Waals surface area (Å²) in [7, 11) is -1.26. The highest BCUT2D eigenvalue weighted by atomic mass is 32.2. The summed E-state index contributed by atoms with van der Waals surface area (Å²) in [5.41, 5.74) is 0. The molecule has 0 unspecified atom stereocenters. The van der Waals surface area contributed by atoms with Crippen LogP contribution in [0.1, 0.15) is 6.42 Å². The standard InChI is InChI=1S/C19H24SSi/c1-21(2,19-14-8-4-9-15-19)17-11-5-10-16-20-18-12-6-3-7-13-18/h3-10,12-15H,11,16-17H2,1-2H3/b10-5-. The maximum absolute atomic E-state index is 2.47. The molecule has 0 nitrogen and oxygen atoms in total. The molecule has 0 radical (unpaired) electrons. The molecule has 0 aliphatic rings. The molecule has 0 amide bonds. The lowest BCUT2D eigenvalue weighted by atomic mass is 10.4. The zero-order valence-electron chi connectivity index (χ0n) is 13.0. The number of allylic oxidation sites excluding steroid dienone is 1. The van der Waals surface area contributed by atoms with Crippen molar-refractivity contribution in [2.75, 3.05) is 5.75 Å². The van der Waals surface area contributed by atoms with Crippen LogP contribution in [0.3, 0.4) is 0 Å². The van der Waals surface area contributed by atoms with Crippen molar-refractivity contribution in [2.45, 2.75) is 30.5 Å². The molecule has 0 aromatic heterocycles. The van der Waals surface area contributed by atoms with Gasteiger partial charge in [0.25, 0.3) is 0 Å². The Labute approximate surface area is 134 Å². The van der Waals surface area contributed by atoms with Gasteiger partial charge in [0.1, 0.15) is 0 Å². The first-order valence-corrected chi connectivity index (χ1v) is 11.8. The first-order chi connectivity index (χ1) is 10.2. The third-order valence-corrected chi connectivity index (χ3v) is 8.15. The minimum Gasteiger partial charge on any atom is -0.122 e. The van der Waals surface area contributed by atoms with Gasteiger partial charge in [-0.25, -0.2) is 0 Å². The van der Waals surface area contributed by atoms with Gasteiger partial charge in [0.15, 0.2) is 0 Å². The molecule has 110 valence electrons. The molecular formula is C19H24SSi. The molecule has 0 fully saturated rings. The van der Waals surface area contributed by atoms with Gasteiger partial charge in [0, 0.05) is 10.6 Å². The Bertz CT molecular complexity index is 546. The first-order valence-electron chi connectivity index (χ1n) is 7.57. The van der Waals surface area contributed by atoms with Gasteiger partial charge in [0.2, 0.25) is 0 Å². The van der Waals surface area contributed by atoms with Crippen LogP contribution in [0.15, 0.2) is 77.7 Å². The fourth-order valence-electron chi connectivity index (χ4n) is 2.32. The summed E-state index contributed by atoms with van der Waals surface area (Å²) in [4.78, 5) is 1.35. The number of hydrogen-bond donors (Lipinski definition) is 0. The second-order valence-electron chi connectivity index (χ2n) is 5.88. The molecule has 2 rings (SSSR count). The Morgan fingerprint density at radius 2 is 1.48 bits per heavy atom. The average Bonchev–Trinajstić information content (AvgIpc) is 2.52. The smallest absolute Gasteiger partial charge is 0.0809 e. The molecule has 0 atom stereocenters. The van der Waals surface area contributed by atoms with Crippen LogP contribution in [-0.4, -0.2) is 13.8 Å². The normalized spacial score (nSPS) is 11.9. The van der Waals surface area contributed by atoms with Gasteiger partial charge in [-0.1, -0.05) is 85.0 Å². The molecule has 21 heavy (non-hydrogen) atoms. The van der Waals surface area contributed by atoms with E-state index in [0.29, 0.717) is 0 Å². The van der Waals surface area contributed by atoms with Crippen LogP contribution < -0.4 is 5.19 Å². The largest absolute Gasteiger partial charge is 0.122 e. The van der Waals surface area contributed by atoms with Crippen molar-refractivity contribution >= 4 is 25.0 Å². The Kier molecular flexibility index (Phi) is 6.34. The third kappa shape index (κ3) is 5.56. The van der Waals surface area contributed by atoms with E-state index in [1.807, 2.05) is 11.8 Å². The second-order valence-corrected chi connectivity index (χ2v) is 11.8. The van der Waals surface area contributed by atoms with E-state index in [0.717, 1.165) is 5.75 Å². The van der Waals surface area contributed by atoms with Gasteiger partial charge in [-0.3, -0.25) is 0 Å². The van der Waals surface area contributed by atoms with Crippen molar-refractivity contribution < 1.29 is 0 Å². The molecule has 0 saturated heterocycles. The zero-order chi connectivity index (χ0) is 15.0. The van der Waals surface area contributed by atoms with E-state index in [1.165, 1.54) is 17.4 Å². The Balaban J connectivity index is 1.72. The van der Waals surface area contributed by atoms with Crippen molar-refractivity contribution in [3.05, 3.63) is 72.8 Å². The SMILES string of the molecule is C[Si](C)(CC/C=C\CSc1ccccc1)c1ccccc1. The minimum atomic E-state index is -1.26. The fraction of sp³-hybridized carbons (Fsp3) is 0.263. The van der Waals surface area contributed by atoms with Crippen molar-refractivity contribution in [1.82, 2.24) is 0 Å². The van der Waals surface area contributed by atoms with E-state index in [9.17, 15) is 0 Å². The summed E-state index contributed by atoms with van der Waals surface area (Å²) in [6.45, 7) is 4.93. The molecule has 2 heteroatoms. The van der Waals surface area contributed by atoms with Gasteiger partial charge in [-0.2, -0.15) is 0 Å². The van der Waals surface area contributed by atoms with Crippen LogP contribution in [0.25, 0.3) is 0 Å². The molecule has 0 saturated carbocycles. The zero-order valence-corrected chi connectivity index (χ0v) is 14.8. The molecule has 2 aromatic rings. The lowest BCUT2D eigenvalue weighted by molar-refractivity contribution is 1.16. The summed E-state index contributed by atoms with van der Waals surface area (Å²) in [5.74, 6) is 1.07. The molecule has 0 heterocycles. The summed E-state index contributed by atoms with van der Waals surface area (Å²) in [5, 5.41) is 1.57. The van der Waals surface area contributed by atoms with Crippen LogP contribution in [0.5, 0.6) is 0 Å². The highest BCUT2D eigenvalue weighted by Crippen LogP contribution is 2.17. The van der Waals surface area contributed by atoms with Gasteiger partial charge < -0.3 is 0 Å². The van der Waals surface area contributed by atoms with Crippen LogP contribution in [0, 0.1) is 0 Å². The van der Waals surface area contributed by atoms with Gasteiger partial charge in [-0.05, 0) is 18.6 Å². The van der Waals surface area contributed by atoms with E-state index in [4.69, 9.17) is 0 Å². The monoisotopic (exact) mass is 312 g/mol. The predicted octanol–water partition coefficient (Wildman–Crippen LogP) is 5.34. The number of hydrogen-bond acceptors (Lipinski definition) is 1. The first kappa shape index (κ1) is 16.1. The Hall–Kier alpha value is -1.25. The summed E-state index contributed by atoms with van der Waals surface area (Å²) in [6, 6.07) is 22.9. The van der Waals surface area contributed by atoms with E-state index in [2.05, 4.69) is 85.9 Å². The van der Waals surface area contributed by atoms with E-state index in [1.54, 1.807) is 5.19 Å². The van der Waals surface area contributed by atoms with Crippen molar-refractivity contribution in [2.24, 2.45) is 0 Å². The number of benzene rings is 2. The fourth-order valence-corrected chi connectivity index (χ4v) is 5.37. The number of rotatable bonds is 7. The van der Waals surface area contributed by atoms with Crippen molar-refractivity contribution in [3.8, 4) is 0 Å². The van der Waals surface area contributed by atoms with Crippen molar-refractivity contribution in [3.63, 3.8) is 0 Å². The molecule has 0 aliphatic carbocycles. The lowest BCUT2D eigenvalue weighted by Crippen LogP contribution is -2.40. The topological polar surface area (TPSA) is 0 Å².